The molecule has 24 heavy (non-hydrogen) atoms. The van der Waals surface area contributed by atoms with Crippen LogP contribution in [0, 0.1) is 0 Å². The zero-order valence-electron chi connectivity index (χ0n) is 14.5. The van der Waals surface area contributed by atoms with Crippen molar-refractivity contribution in [1.82, 2.24) is 10.2 Å². The van der Waals surface area contributed by atoms with Gasteiger partial charge in [-0.25, -0.2) is 0 Å². The number of ether oxygens (including phenoxy) is 2. The molecule has 0 bridgehead atoms. The number of nitrogens with one attached hydrogen (secondary N) is 1. The highest BCUT2D eigenvalue weighted by atomic mass is 32.1. The van der Waals surface area contributed by atoms with Crippen LogP contribution in [0.25, 0.3) is 0 Å². The molecule has 1 saturated carbocycles. The van der Waals surface area contributed by atoms with E-state index in [4.69, 9.17) is 21.7 Å². The first-order valence-corrected chi connectivity index (χ1v) is 9.61. The Balaban J connectivity index is 1.56. The smallest absolute Gasteiger partial charge is 0.169 e. The molecule has 4 nitrogen and oxygen atoms in total. The van der Waals surface area contributed by atoms with Gasteiger partial charge in [0.2, 0.25) is 0 Å². The van der Waals surface area contributed by atoms with E-state index >= 15 is 0 Å². The van der Waals surface area contributed by atoms with Crippen LogP contribution >= 0.6 is 12.2 Å². The van der Waals surface area contributed by atoms with Crippen LogP contribution in [0.1, 0.15) is 45.4 Å². The molecule has 1 aliphatic heterocycles. The maximum absolute atomic E-state index is 6.09. The maximum Gasteiger partial charge on any atom is 0.169 e. The topological polar surface area (TPSA) is 33.7 Å². The van der Waals surface area contributed by atoms with Crippen molar-refractivity contribution in [2.45, 2.75) is 57.6 Å². The van der Waals surface area contributed by atoms with Crippen LogP contribution in [0.3, 0.4) is 0 Å². The summed E-state index contributed by atoms with van der Waals surface area (Å²) in [6.07, 6.45) is 7.52. The van der Waals surface area contributed by atoms with E-state index in [1.807, 2.05) is 24.3 Å². The van der Waals surface area contributed by atoms with Crippen LogP contribution in [-0.2, 0) is 0 Å². The lowest BCUT2D eigenvalue weighted by Gasteiger charge is -2.34. The van der Waals surface area contributed by atoms with Crippen LogP contribution in [0.15, 0.2) is 24.3 Å². The molecule has 1 atom stereocenters. The highest BCUT2D eigenvalue weighted by molar-refractivity contribution is 7.80. The molecular formula is C19H28N2O2S. The van der Waals surface area contributed by atoms with Crippen molar-refractivity contribution in [3.63, 3.8) is 0 Å². The summed E-state index contributed by atoms with van der Waals surface area (Å²) in [5.41, 5.74) is 0. The second-order valence-electron chi connectivity index (χ2n) is 6.73. The summed E-state index contributed by atoms with van der Waals surface area (Å²) < 4.78 is 11.9. The van der Waals surface area contributed by atoms with Crippen molar-refractivity contribution in [2.75, 3.05) is 19.7 Å². The van der Waals surface area contributed by atoms with Crippen LogP contribution in [-0.4, -0.2) is 41.9 Å². The van der Waals surface area contributed by atoms with Gasteiger partial charge in [-0.15, -0.1) is 0 Å². The molecule has 1 aromatic rings. The van der Waals surface area contributed by atoms with E-state index in [9.17, 15) is 0 Å². The molecule has 2 aliphatic rings. The molecule has 0 unspecified atom stereocenters. The summed E-state index contributed by atoms with van der Waals surface area (Å²) in [5.74, 6) is 1.66. The molecule has 1 heterocycles. The number of thiocarbonyl (C=S) groups is 1. The molecule has 1 N–H and O–H groups in total. The fourth-order valence-electron chi connectivity index (χ4n) is 3.46. The average molecular weight is 349 g/mol. The molecule has 5 heteroatoms. The van der Waals surface area contributed by atoms with Gasteiger partial charge in [-0.1, -0.05) is 38.3 Å². The Labute approximate surface area is 150 Å². The average Bonchev–Trinajstić information content (AvgIpc) is 2.62. The predicted molar refractivity (Wildman–Crippen MR) is 101 cm³/mol. The van der Waals surface area contributed by atoms with Crippen molar-refractivity contribution in [3.05, 3.63) is 24.3 Å². The van der Waals surface area contributed by atoms with Gasteiger partial charge in [0.05, 0.1) is 6.54 Å². The standard InChI is InChI=1S/C19H28N2O2S/c1-2-12-21(19(24)20-15-8-4-3-5-9-15)13-16-14-22-17-10-6-7-11-18(17)23-16/h6-7,10-11,15-16H,2-5,8-9,12-14H2,1H3,(H,20,24)/t16-/m0/s1. The first kappa shape index (κ1) is 17.3. The summed E-state index contributed by atoms with van der Waals surface area (Å²) in [4.78, 5) is 2.24. The van der Waals surface area contributed by atoms with Crippen molar-refractivity contribution < 1.29 is 9.47 Å². The minimum atomic E-state index is 0.0116. The number of hydrogen-bond acceptors (Lipinski definition) is 3. The Morgan fingerprint density at radius 3 is 2.71 bits per heavy atom. The number of rotatable bonds is 5. The Bertz CT molecular complexity index is 546. The van der Waals surface area contributed by atoms with Gasteiger partial charge < -0.3 is 19.7 Å². The van der Waals surface area contributed by atoms with Crippen LogP contribution < -0.4 is 14.8 Å². The van der Waals surface area contributed by atoms with Gasteiger partial charge in [0.25, 0.3) is 0 Å². The van der Waals surface area contributed by atoms with Gasteiger partial charge in [-0.3, -0.25) is 0 Å². The van der Waals surface area contributed by atoms with E-state index in [2.05, 4.69) is 17.1 Å². The Hall–Kier alpha value is -1.49. The second-order valence-corrected chi connectivity index (χ2v) is 7.11. The van der Waals surface area contributed by atoms with E-state index in [1.54, 1.807) is 0 Å². The third-order valence-electron chi connectivity index (χ3n) is 4.71. The molecule has 0 saturated heterocycles. The molecule has 132 valence electrons. The minimum absolute atomic E-state index is 0.0116. The lowest BCUT2D eigenvalue weighted by Crippen LogP contribution is -2.50. The molecule has 3 rings (SSSR count). The van der Waals surface area contributed by atoms with E-state index in [1.165, 1.54) is 32.1 Å². The molecule has 1 aliphatic carbocycles. The molecule has 0 radical (unpaired) electrons. The van der Waals surface area contributed by atoms with Gasteiger partial charge in [0.1, 0.15) is 6.61 Å². The minimum Gasteiger partial charge on any atom is -0.486 e. The summed E-state index contributed by atoms with van der Waals surface area (Å²) in [6, 6.07) is 8.39. The predicted octanol–water partition coefficient (Wildman–Crippen LogP) is 3.75. The number of benzene rings is 1. The fourth-order valence-corrected chi connectivity index (χ4v) is 3.79. The summed E-state index contributed by atoms with van der Waals surface area (Å²) in [5, 5.41) is 4.44. The number of para-hydroxylation sites is 2. The van der Waals surface area contributed by atoms with Gasteiger partial charge in [-0.05, 0) is 43.6 Å². The summed E-state index contributed by atoms with van der Waals surface area (Å²) >= 11 is 5.69. The SMILES string of the molecule is CCCN(C[C@H]1COc2ccccc2O1)C(=S)NC1CCCCC1. The Morgan fingerprint density at radius 2 is 1.96 bits per heavy atom. The van der Waals surface area contributed by atoms with Crippen molar-refractivity contribution in [3.8, 4) is 11.5 Å². The van der Waals surface area contributed by atoms with E-state index < -0.39 is 0 Å². The van der Waals surface area contributed by atoms with Crippen molar-refractivity contribution in [1.29, 1.82) is 0 Å². The molecule has 0 amide bonds. The van der Waals surface area contributed by atoms with E-state index in [0.717, 1.165) is 36.1 Å². The lowest BCUT2D eigenvalue weighted by molar-refractivity contribution is 0.0738. The molecular weight excluding hydrogens is 320 g/mol. The zero-order valence-corrected chi connectivity index (χ0v) is 15.3. The van der Waals surface area contributed by atoms with E-state index in [-0.39, 0.29) is 6.10 Å². The molecule has 0 spiro atoms. The van der Waals surface area contributed by atoms with Crippen molar-refractivity contribution >= 4 is 17.3 Å². The number of hydrogen-bond donors (Lipinski definition) is 1. The number of fused-ring (bicyclic) bond motifs is 1. The van der Waals surface area contributed by atoms with Gasteiger partial charge in [0, 0.05) is 12.6 Å². The van der Waals surface area contributed by atoms with E-state index in [0.29, 0.717) is 12.6 Å². The monoisotopic (exact) mass is 348 g/mol. The fraction of sp³-hybridized carbons (Fsp3) is 0.632. The molecule has 1 fully saturated rings. The normalized spacial score (nSPS) is 20.5. The third kappa shape index (κ3) is 4.53. The first-order valence-electron chi connectivity index (χ1n) is 9.20. The second kappa shape index (κ2) is 8.56. The first-order chi connectivity index (χ1) is 11.8. The summed E-state index contributed by atoms with van der Waals surface area (Å²) in [7, 11) is 0. The summed E-state index contributed by atoms with van der Waals surface area (Å²) in [6.45, 7) is 4.47. The Morgan fingerprint density at radius 1 is 1.21 bits per heavy atom. The van der Waals surface area contributed by atoms with Gasteiger partial charge >= 0.3 is 0 Å². The van der Waals surface area contributed by atoms with Crippen molar-refractivity contribution in [2.24, 2.45) is 0 Å². The maximum atomic E-state index is 6.09. The van der Waals surface area contributed by atoms with Gasteiger partial charge in [0.15, 0.2) is 22.7 Å². The third-order valence-corrected chi connectivity index (χ3v) is 5.08. The quantitative estimate of drug-likeness (QED) is 0.820. The Kier molecular flexibility index (Phi) is 6.18. The zero-order chi connectivity index (χ0) is 16.8. The number of nitrogens with zero attached hydrogens (tertiary/aromatic N) is 1. The molecule has 1 aromatic carbocycles. The molecule has 0 aromatic heterocycles. The highest BCUT2D eigenvalue weighted by Gasteiger charge is 2.25. The van der Waals surface area contributed by atoms with Crippen LogP contribution in [0.2, 0.25) is 0 Å². The highest BCUT2D eigenvalue weighted by Crippen LogP contribution is 2.31. The van der Waals surface area contributed by atoms with Gasteiger partial charge in [-0.2, -0.15) is 0 Å². The lowest BCUT2D eigenvalue weighted by atomic mass is 9.96. The van der Waals surface area contributed by atoms with Crippen LogP contribution in [0.4, 0.5) is 0 Å². The largest absolute Gasteiger partial charge is 0.486 e. The van der Waals surface area contributed by atoms with Crippen LogP contribution in [0.5, 0.6) is 11.5 Å².